The molecule has 0 bridgehead atoms. The number of nitrogens with one attached hydrogen (secondary N) is 1. The van der Waals surface area contributed by atoms with Gasteiger partial charge in [-0.05, 0) is 17.5 Å². The molecule has 0 heterocycles. The number of hydrogen-bond acceptors (Lipinski definition) is 3. The maximum absolute atomic E-state index is 11.3. The number of hydrogen-bond donors (Lipinski definition) is 2. The highest BCUT2D eigenvalue weighted by molar-refractivity contribution is 7.89. The van der Waals surface area contributed by atoms with E-state index in [4.69, 9.17) is 5.14 Å². The Hall–Kier alpha value is -1.07. The van der Waals surface area contributed by atoms with Gasteiger partial charge in [0, 0.05) is 6.54 Å². The molecule has 0 fully saturated rings. The minimum atomic E-state index is -3.66. The molecule has 0 amide bonds. The fourth-order valence-corrected chi connectivity index (χ4v) is 1.94. The van der Waals surface area contributed by atoms with Gasteiger partial charge >= 0.3 is 0 Å². The van der Waals surface area contributed by atoms with Crippen molar-refractivity contribution in [1.82, 2.24) is 0 Å². The van der Waals surface area contributed by atoms with Crippen LogP contribution in [0.2, 0.25) is 0 Å². The van der Waals surface area contributed by atoms with Gasteiger partial charge in [-0.3, -0.25) is 0 Å². The SMILES string of the molecule is CC(C)(C)CNc1ccccc1S(N)(=O)=O. The van der Waals surface area contributed by atoms with E-state index in [-0.39, 0.29) is 10.3 Å². The van der Waals surface area contributed by atoms with Gasteiger partial charge in [-0.25, -0.2) is 13.6 Å². The van der Waals surface area contributed by atoms with E-state index < -0.39 is 10.0 Å². The van der Waals surface area contributed by atoms with Gasteiger partial charge in [0.2, 0.25) is 10.0 Å². The van der Waals surface area contributed by atoms with Crippen LogP contribution in [0.25, 0.3) is 0 Å². The van der Waals surface area contributed by atoms with Gasteiger partial charge in [0.05, 0.1) is 5.69 Å². The molecule has 0 radical (unpaired) electrons. The first-order valence-electron chi connectivity index (χ1n) is 5.06. The Morgan fingerprint density at radius 2 is 1.81 bits per heavy atom. The number of primary sulfonamides is 1. The Balaban J connectivity index is 2.97. The molecule has 1 aromatic carbocycles. The van der Waals surface area contributed by atoms with Crippen LogP contribution in [0.15, 0.2) is 29.2 Å². The molecule has 1 rings (SSSR count). The van der Waals surface area contributed by atoms with E-state index in [0.29, 0.717) is 12.2 Å². The molecule has 1 aromatic rings. The van der Waals surface area contributed by atoms with E-state index in [1.54, 1.807) is 18.2 Å². The van der Waals surface area contributed by atoms with Gasteiger partial charge in [-0.2, -0.15) is 0 Å². The lowest BCUT2D eigenvalue weighted by atomic mass is 9.97. The van der Waals surface area contributed by atoms with Crippen molar-refractivity contribution in [2.75, 3.05) is 11.9 Å². The smallest absolute Gasteiger partial charge is 0.240 e. The number of sulfonamides is 1. The summed E-state index contributed by atoms with van der Waals surface area (Å²) >= 11 is 0. The first-order chi connectivity index (χ1) is 7.20. The third-order valence-corrected chi connectivity index (χ3v) is 2.97. The minimum absolute atomic E-state index is 0.0749. The molecule has 5 heteroatoms. The Morgan fingerprint density at radius 3 is 2.31 bits per heavy atom. The fraction of sp³-hybridized carbons (Fsp3) is 0.455. The molecular formula is C11H18N2O2S. The van der Waals surface area contributed by atoms with Crippen molar-refractivity contribution in [3.05, 3.63) is 24.3 Å². The van der Waals surface area contributed by atoms with Crippen molar-refractivity contribution in [2.24, 2.45) is 10.6 Å². The average Bonchev–Trinajstić information content (AvgIpc) is 2.12. The van der Waals surface area contributed by atoms with Crippen molar-refractivity contribution in [1.29, 1.82) is 0 Å². The van der Waals surface area contributed by atoms with E-state index in [0.717, 1.165) is 0 Å². The van der Waals surface area contributed by atoms with Crippen molar-refractivity contribution in [3.63, 3.8) is 0 Å². The zero-order chi connectivity index (χ0) is 12.4. The number of nitrogens with two attached hydrogens (primary N) is 1. The Morgan fingerprint density at radius 1 is 1.25 bits per heavy atom. The molecule has 4 nitrogen and oxygen atoms in total. The quantitative estimate of drug-likeness (QED) is 0.848. The van der Waals surface area contributed by atoms with E-state index in [9.17, 15) is 8.42 Å². The lowest BCUT2D eigenvalue weighted by molar-refractivity contribution is 0.442. The summed E-state index contributed by atoms with van der Waals surface area (Å²) in [5.74, 6) is 0. The summed E-state index contributed by atoms with van der Waals surface area (Å²) < 4.78 is 22.6. The summed E-state index contributed by atoms with van der Waals surface area (Å²) in [5.41, 5.74) is 0.630. The van der Waals surface area contributed by atoms with Crippen LogP contribution < -0.4 is 10.5 Å². The zero-order valence-electron chi connectivity index (χ0n) is 9.82. The minimum Gasteiger partial charge on any atom is -0.383 e. The zero-order valence-corrected chi connectivity index (χ0v) is 10.6. The molecule has 0 aliphatic rings. The maximum atomic E-state index is 11.3. The first-order valence-corrected chi connectivity index (χ1v) is 6.60. The molecule has 0 saturated carbocycles. The molecular weight excluding hydrogens is 224 g/mol. The van der Waals surface area contributed by atoms with Gasteiger partial charge in [-0.15, -0.1) is 0 Å². The monoisotopic (exact) mass is 242 g/mol. The van der Waals surface area contributed by atoms with Crippen LogP contribution in [0.4, 0.5) is 5.69 Å². The second-order valence-electron chi connectivity index (χ2n) is 4.96. The molecule has 3 N–H and O–H groups in total. The molecule has 0 atom stereocenters. The summed E-state index contributed by atoms with van der Waals surface area (Å²) in [7, 11) is -3.66. The van der Waals surface area contributed by atoms with Crippen LogP contribution in [-0.4, -0.2) is 15.0 Å². The second-order valence-corrected chi connectivity index (χ2v) is 6.49. The van der Waals surface area contributed by atoms with Crippen LogP contribution in [0.1, 0.15) is 20.8 Å². The molecule has 0 aliphatic heterocycles. The topological polar surface area (TPSA) is 72.2 Å². The van der Waals surface area contributed by atoms with Crippen LogP contribution in [0.3, 0.4) is 0 Å². The Kier molecular flexibility index (Phi) is 3.60. The van der Waals surface area contributed by atoms with Crippen LogP contribution in [0, 0.1) is 5.41 Å². The third-order valence-electron chi connectivity index (χ3n) is 2.00. The third kappa shape index (κ3) is 3.83. The normalized spacial score (nSPS) is 12.5. The fourth-order valence-electron chi connectivity index (χ4n) is 1.22. The van der Waals surface area contributed by atoms with Gasteiger partial charge < -0.3 is 5.32 Å². The Bertz CT molecular complexity index is 461. The largest absolute Gasteiger partial charge is 0.383 e. The summed E-state index contributed by atoms with van der Waals surface area (Å²) in [6.45, 7) is 6.89. The molecule has 0 unspecified atom stereocenters. The Labute approximate surface area is 96.9 Å². The highest BCUT2D eigenvalue weighted by Crippen LogP contribution is 2.21. The predicted octanol–water partition coefficient (Wildman–Crippen LogP) is 1.79. The summed E-state index contributed by atoms with van der Waals surface area (Å²) in [4.78, 5) is 0.138. The predicted molar refractivity (Wildman–Crippen MR) is 65.8 cm³/mol. The van der Waals surface area contributed by atoms with Gasteiger partial charge in [0.1, 0.15) is 4.90 Å². The number of benzene rings is 1. The van der Waals surface area contributed by atoms with Crippen molar-refractivity contribution in [2.45, 2.75) is 25.7 Å². The summed E-state index contributed by atoms with van der Waals surface area (Å²) in [5, 5.41) is 8.23. The van der Waals surface area contributed by atoms with Gasteiger partial charge in [-0.1, -0.05) is 32.9 Å². The summed E-state index contributed by atoms with van der Waals surface area (Å²) in [6.07, 6.45) is 0. The second kappa shape index (κ2) is 4.43. The van der Waals surface area contributed by atoms with Gasteiger partial charge in [0.25, 0.3) is 0 Å². The van der Waals surface area contributed by atoms with Crippen LogP contribution in [-0.2, 0) is 10.0 Å². The standard InChI is InChI=1S/C11H18N2O2S/c1-11(2,3)8-13-9-6-4-5-7-10(9)16(12,14)15/h4-7,13H,8H2,1-3H3,(H2,12,14,15). The lowest BCUT2D eigenvalue weighted by Crippen LogP contribution is -2.21. The molecule has 0 aromatic heterocycles. The summed E-state index contributed by atoms with van der Waals surface area (Å²) in [6, 6.07) is 6.65. The molecule has 0 saturated heterocycles. The maximum Gasteiger partial charge on any atom is 0.240 e. The van der Waals surface area contributed by atoms with Crippen molar-refractivity contribution >= 4 is 15.7 Å². The van der Waals surface area contributed by atoms with Gasteiger partial charge in [0.15, 0.2) is 0 Å². The lowest BCUT2D eigenvalue weighted by Gasteiger charge is -2.20. The van der Waals surface area contributed by atoms with E-state index in [2.05, 4.69) is 26.1 Å². The highest BCUT2D eigenvalue weighted by atomic mass is 32.2. The van der Waals surface area contributed by atoms with Crippen molar-refractivity contribution < 1.29 is 8.42 Å². The number of rotatable bonds is 3. The molecule has 90 valence electrons. The van der Waals surface area contributed by atoms with E-state index >= 15 is 0 Å². The van der Waals surface area contributed by atoms with Crippen LogP contribution in [0.5, 0.6) is 0 Å². The average molecular weight is 242 g/mol. The van der Waals surface area contributed by atoms with E-state index in [1.165, 1.54) is 6.07 Å². The number of para-hydroxylation sites is 1. The first kappa shape index (κ1) is 13.0. The van der Waals surface area contributed by atoms with Crippen LogP contribution >= 0.6 is 0 Å². The molecule has 0 aliphatic carbocycles. The van der Waals surface area contributed by atoms with E-state index in [1.807, 2.05) is 0 Å². The van der Waals surface area contributed by atoms with Crippen molar-refractivity contribution in [3.8, 4) is 0 Å². The number of anilines is 1. The molecule has 0 spiro atoms. The highest BCUT2D eigenvalue weighted by Gasteiger charge is 2.15. The molecule has 16 heavy (non-hydrogen) atoms.